The summed E-state index contributed by atoms with van der Waals surface area (Å²) in [5.41, 5.74) is 5.92. The van der Waals surface area contributed by atoms with Gasteiger partial charge in [0.25, 0.3) is 5.91 Å². The number of carbonyl (C=O) groups excluding carboxylic acids is 3. The van der Waals surface area contributed by atoms with Gasteiger partial charge in [-0.25, -0.2) is 9.78 Å². The molecule has 0 bridgehead atoms. The Hall–Kier alpha value is -4.74. The van der Waals surface area contributed by atoms with E-state index in [0.717, 1.165) is 82.1 Å². The molecule has 52 heavy (non-hydrogen) atoms. The molecule has 3 amide bonds. The smallest absolute Gasteiger partial charge is 0.410 e. The summed E-state index contributed by atoms with van der Waals surface area (Å²) in [5, 5.41) is 7.05. The lowest BCUT2D eigenvalue weighted by Crippen LogP contribution is -2.53. The van der Waals surface area contributed by atoms with Crippen LogP contribution in [-0.4, -0.2) is 72.2 Å². The Morgan fingerprint density at radius 3 is 2.63 bits per heavy atom. The first-order valence-corrected chi connectivity index (χ1v) is 19.0. The third kappa shape index (κ3) is 9.37. The molecule has 6 rings (SSSR count). The SMILES string of the molecule is Cc1ccccc1C(=O)N1CCc2cc(-c3nc(NC(=O)Cc4cccc(OCCCCC5CN(C(=O)OC(C)(C)C)CCN5)c4)sc3C)ccc21. The molecule has 11 heteroatoms. The van der Waals surface area contributed by atoms with Crippen LogP contribution in [0.4, 0.5) is 15.6 Å². The summed E-state index contributed by atoms with van der Waals surface area (Å²) in [6.45, 7) is 12.9. The number of nitrogens with zero attached hydrogens (tertiary/aromatic N) is 3. The van der Waals surface area contributed by atoms with Crippen molar-refractivity contribution in [3.63, 3.8) is 0 Å². The van der Waals surface area contributed by atoms with Gasteiger partial charge in [0.15, 0.2) is 5.13 Å². The fourth-order valence-electron chi connectivity index (χ4n) is 6.72. The van der Waals surface area contributed by atoms with Gasteiger partial charge in [0.05, 0.1) is 18.7 Å². The molecule has 1 aromatic heterocycles. The second-order valence-electron chi connectivity index (χ2n) is 14.6. The van der Waals surface area contributed by atoms with E-state index in [1.165, 1.54) is 11.3 Å². The average molecular weight is 724 g/mol. The topological polar surface area (TPSA) is 113 Å². The highest BCUT2D eigenvalue weighted by Crippen LogP contribution is 2.36. The second-order valence-corrected chi connectivity index (χ2v) is 15.8. The average Bonchev–Trinajstić information content (AvgIpc) is 3.70. The zero-order chi connectivity index (χ0) is 36.8. The van der Waals surface area contributed by atoms with Gasteiger partial charge < -0.3 is 29.9 Å². The maximum atomic E-state index is 13.3. The second kappa shape index (κ2) is 16.3. The van der Waals surface area contributed by atoms with Crippen LogP contribution in [0.25, 0.3) is 11.3 Å². The predicted octanol–water partition coefficient (Wildman–Crippen LogP) is 7.57. The molecular formula is C41H49N5O5S. The van der Waals surface area contributed by atoms with Crippen molar-refractivity contribution in [1.29, 1.82) is 0 Å². The fraction of sp³-hybridized carbons (Fsp3) is 0.415. The summed E-state index contributed by atoms with van der Waals surface area (Å²) in [5.74, 6) is 0.618. The summed E-state index contributed by atoms with van der Waals surface area (Å²) in [6, 6.07) is 21.7. The third-order valence-electron chi connectivity index (χ3n) is 9.30. The summed E-state index contributed by atoms with van der Waals surface area (Å²) >= 11 is 1.46. The zero-order valence-electron chi connectivity index (χ0n) is 30.8. The first-order valence-electron chi connectivity index (χ1n) is 18.1. The minimum atomic E-state index is -0.498. The van der Waals surface area contributed by atoms with Crippen molar-refractivity contribution in [2.45, 2.75) is 78.4 Å². The summed E-state index contributed by atoms with van der Waals surface area (Å²) in [6.07, 6.45) is 3.53. The van der Waals surface area contributed by atoms with Crippen molar-refractivity contribution >= 4 is 40.1 Å². The van der Waals surface area contributed by atoms with Crippen molar-refractivity contribution < 1.29 is 23.9 Å². The number of anilines is 2. The first kappa shape index (κ1) is 37.0. The number of thiazole rings is 1. The molecular weight excluding hydrogens is 675 g/mol. The van der Waals surface area contributed by atoms with E-state index < -0.39 is 5.60 Å². The Morgan fingerprint density at radius 1 is 1.00 bits per heavy atom. The standard InChI is InChI=1S/C41H49N5O5S/c1-27-11-6-7-15-34(27)38(48)46-20-18-30-25-31(16-17-35(30)46)37-28(2)52-39(44-37)43-36(47)24-29-12-10-14-33(23-29)50-22-9-8-13-32-26-45(21-19-42-32)40(49)51-41(3,4)5/h6-7,10-12,14-17,23,25,32,42H,8-9,13,18-22,24,26H2,1-5H3,(H,43,44,47). The number of amides is 3. The Bertz CT molecular complexity index is 1920. The molecule has 1 atom stereocenters. The molecule has 10 nitrogen and oxygen atoms in total. The molecule has 3 heterocycles. The van der Waals surface area contributed by atoms with E-state index in [1.54, 1.807) is 4.90 Å². The van der Waals surface area contributed by atoms with E-state index in [2.05, 4.69) is 16.7 Å². The molecule has 2 aliphatic heterocycles. The number of ether oxygens (including phenoxy) is 2. The normalized spacial score (nSPS) is 15.7. The number of unbranched alkanes of at least 4 members (excludes halogenated alkanes) is 1. The third-order valence-corrected chi connectivity index (χ3v) is 10.2. The van der Waals surface area contributed by atoms with Crippen molar-refractivity contribution in [3.05, 3.63) is 93.9 Å². The lowest BCUT2D eigenvalue weighted by molar-refractivity contribution is -0.115. The van der Waals surface area contributed by atoms with Crippen molar-refractivity contribution in [2.24, 2.45) is 0 Å². The van der Waals surface area contributed by atoms with E-state index in [9.17, 15) is 14.4 Å². The minimum Gasteiger partial charge on any atom is -0.494 e. The van der Waals surface area contributed by atoms with Crippen LogP contribution in [0.3, 0.4) is 0 Å². The van der Waals surface area contributed by atoms with Crippen LogP contribution >= 0.6 is 11.3 Å². The molecule has 274 valence electrons. The van der Waals surface area contributed by atoms with E-state index in [4.69, 9.17) is 14.5 Å². The summed E-state index contributed by atoms with van der Waals surface area (Å²) < 4.78 is 11.6. The number of aromatic nitrogens is 1. The van der Waals surface area contributed by atoms with Crippen molar-refractivity contribution in [2.75, 3.05) is 43.0 Å². The Labute approximate surface area is 310 Å². The first-order chi connectivity index (χ1) is 24.9. The number of nitrogens with one attached hydrogen (secondary N) is 2. The number of hydrogen-bond donors (Lipinski definition) is 2. The highest BCUT2D eigenvalue weighted by Gasteiger charge is 2.28. The highest BCUT2D eigenvalue weighted by molar-refractivity contribution is 7.16. The monoisotopic (exact) mass is 723 g/mol. The van der Waals surface area contributed by atoms with Gasteiger partial charge in [-0.15, -0.1) is 11.3 Å². The Morgan fingerprint density at radius 2 is 1.83 bits per heavy atom. The van der Waals surface area contributed by atoms with Gasteiger partial charge in [0.1, 0.15) is 11.4 Å². The zero-order valence-corrected chi connectivity index (χ0v) is 31.6. The molecule has 2 aliphatic rings. The highest BCUT2D eigenvalue weighted by atomic mass is 32.1. The van der Waals surface area contributed by atoms with Crippen LogP contribution in [0.1, 0.15) is 72.0 Å². The number of hydrogen-bond acceptors (Lipinski definition) is 8. The molecule has 0 spiro atoms. The Balaban J connectivity index is 0.965. The largest absolute Gasteiger partial charge is 0.494 e. The van der Waals surface area contributed by atoms with Gasteiger partial charge in [-0.05, 0) is 107 Å². The lowest BCUT2D eigenvalue weighted by Gasteiger charge is -2.35. The molecule has 0 saturated carbocycles. The molecule has 2 N–H and O–H groups in total. The molecule has 1 unspecified atom stereocenters. The van der Waals surface area contributed by atoms with Crippen molar-refractivity contribution in [3.8, 4) is 17.0 Å². The van der Waals surface area contributed by atoms with Gasteiger partial charge >= 0.3 is 6.09 Å². The van der Waals surface area contributed by atoms with Crippen LogP contribution < -0.4 is 20.3 Å². The van der Waals surface area contributed by atoms with Crippen LogP contribution in [0, 0.1) is 13.8 Å². The lowest BCUT2D eigenvalue weighted by atomic mass is 10.0. The number of rotatable bonds is 11. The summed E-state index contributed by atoms with van der Waals surface area (Å²) in [7, 11) is 0. The van der Waals surface area contributed by atoms with E-state index in [1.807, 2.05) is 100 Å². The van der Waals surface area contributed by atoms with Crippen LogP contribution in [0.15, 0.2) is 66.7 Å². The van der Waals surface area contributed by atoms with Crippen LogP contribution in [-0.2, 0) is 22.4 Å². The molecule has 0 radical (unpaired) electrons. The van der Waals surface area contributed by atoms with Crippen LogP contribution in [0.2, 0.25) is 0 Å². The number of benzene rings is 3. The van der Waals surface area contributed by atoms with E-state index >= 15 is 0 Å². The van der Waals surface area contributed by atoms with Gasteiger partial charge in [-0.3, -0.25) is 9.59 Å². The molecule has 1 fully saturated rings. The molecule has 4 aromatic rings. The summed E-state index contributed by atoms with van der Waals surface area (Å²) in [4.78, 5) is 48.3. The number of aryl methyl sites for hydroxylation is 2. The minimum absolute atomic E-state index is 0.0231. The maximum Gasteiger partial charge on any atom is 0.410 e. The molecule has 0 aliphatic carbocycles. The van der Waals surface area contributed by atoms with Crippen LogP contribution in [0.5, 0.6) is 5.75 Å². The maximum absolute atomic E-state index is 13.3. The molecule has 3 aromatic carbocycles. The van der Waals surface area contributed by atoms with E-state index in [0.29, 0.717) is 31.4 Å². The van der Waals surface area contributed by atoms with Gasteiger partial charge in [-0.2, -0.15) is 0 Å². The van der Waals surface area contributed by atoms with Gasteiger partial charge in [0, 0.05) is 53.9 Å². The number of fused-ring (bicyclic) bond motifs is 1. The number of piperazine rings is 1. The van der Waals surface area contributed by atoms with E-state index in [-0.39, 0.29) is 30.4 Å². The fourth-order valence-corrected chi connectivity index (χ4v) is 7.58. The van der Waals surface area contributed by atoms with Crippen molar-refractivity contribution in [1.82, 2.24) is 15.2 Å². The van der Waals surface area contributed by atoms with Gasteiger partial charge in [-0.1, -0.05) is 36.4 Å². The predicted molar refractivity (Wildman–Crippen MR) is 207 cm³/mol. The number of carbonyl (C=O) groups is 3. The quantitative estimate of drug-likeness (QED) is 0.154. The molecule has 1 saturated heterocycles. The Kier molecular flexibility index (Phi) is 11.6. The van der Waals surface area contributed by atoms with Gasteiger partial charge in [0.2, 0.25) is 5.91 Å².